The minimum absolute atomic E-state index is 0.241. The molecule has 0 aliphatic rings. The van der Waals surface area contributed by atoms with Crippen molar-refractivity contribution in [3.8, 4) is 22.3 Å². The minimum Gasteiger partial charge on any atom is -0.429 e. The van der Waals surface area contributed by atoms with Crippen LogP contribution in [0.15, 0.2) is 72.8 Å². The molecule has 5 heteroatoms. The van der Waals surface area contributed by atoms with Crippen LogP contribution >= 0.6 is 0 Å². The van der Waals surface area contributed by atoms with Crippen LogP contribution in [0.3, 0.4) is 0 Å². The molecule has 1 N–H and O–H groups in total. The molecule has 0 saturated carbocycles. The number of hydrogen-bond acceptors (Lipinski definition) is 2. The predicted octanol–water partition coefficient (Wildman–Crippen LogP) is 6.74. The summed E-state index contributed by atoms with van der Waals surface area (Å²) in [6.07, 6.45) is 4.71. The first-order valence-electron chi connectivity index (χ1n) is 15.6. The van der Waals surface area contributed by atoms with Gasteiger partial charge in [0.1, 0.15) is 7.85 Å². The van der Waals surface area contributed by atoms with Crippen molar-refractivity contribution in [2.75, 3.05) is 0 Å². The van der Waals surface area contributed by atoms with Crippen LogP contribution < -0.4 is 10.9 Å². The smallest absolute Gasteiger partial charge is 0.309 e. The third-order valence-corrected chi connectivity index (χ3v) is 8.89. The summed E-state index contributed by atoms with van der Waals surface area (Å²) in [6, 6.07) is 27.3. The maximum Gasteiger partial charge on any atom is 0.309 e. The number of aromatic nitrogens is 1. The van der Waals surface area contributed by atoms with Gasteiger partial charge in [0.15, 0.2) is 0 Å². The molecule has 4 aromatic carbocycles. The molecule has 3 nitrogen and oxygen atoms in total. The Kier molecular flexibility index (Phi) is 9.01. The SMILES string of the molecule is Bc1ccc(-c2ccc3c4ccc(-c5ccc(BOC(C)C(C)(C)O)cc5C)cc4n(CCCCCC)c3c2)c(C)c1. The third-order valence-electron chi connectivity index (χ3n) is 8.89. The Morgan fingerprint density at radius 1 is 0.810 bits per heavy atom. The van der Waals surface area contributed by atoms with E-state index in [1.165, 1.54) is 86.3 Å². The fraction of sp³-hybridized carbons (Fsp3) is 0.351. The standard InChI is InChI=1S/C37H45B2NO2/c1-7-8-9-10-19-40-35-22-27(31-17-13-29(38)20-24(31)2)11-15-33(35)34-16-12-28(23-36(34)40)32-18-14-30(21-25(32)3)39-42-26(4)37(5,6)41/h11-18,20-23,26,39,41H,7-10,19,38H2,1-6H3. The lowest BCUT2D eigenvalue weighted by molar-refractivity contribution is -0.0223. The molecule has 0 bridgehead atoms. The summed E-state index contributed by atoms with van der Waals surface area (Å²) >= 11 is 0. The van der Waals surface area contributed by atoms with Crippen molar-refractivity contribution >= 4 is 48.1 Å². The van der Waals surface area contributed by atoms with E-state index in [0.29, 0.717) is 7.48 Å². The molecule has 1 heterocycles. The Morgan fingerprint density at radius 3 is 1.95 bits per heavy atom. The van der Waals surface area contributed by atoms with Gasteiger partial charge in [-0.1, -0.05) is 97.8 Å². The van der Waals surface area contributed by atoms with E-state index in [4.69, 9.17) is 4.65 Å². The van der Waals surface area contributed by atoms with Crippen molar-refractivity contribution in [2.45, 2.75) is 85.5 Å². The molecule has 1 atom stereocenters. The average molecular weight is 557 g/mol. The Balaban J connectivity index is 1.54. The van der Waals surface area contributed by atoms with Gasteiger partial charge < -0.3 is 14.3 Å². The first kappa shape index (κ1) is 30.2. The lowest BCUT2D eigenvalue weighted by Gasteiger charge is -2.26. The first-order valence-corrected chi connectivity index (χ1v) is 15.6. The van der Waals surface area contributed by atoms with Gasteiger partial charge in [0, 0.05) is 28.4 Å². The predicted molar refractivity (Wildman–Crippen MR) is 186 cm³/mol. The molecule has 5 aromatic rings. The average Bonchev–Trinajstić information content (AvgIpc) is 3.25. The number of nitrogens with zero attached hydrogens (tertiary/aromatic N) is 1. The van der Waals surface area contributed by atoms with Crippen LogP contribution in [0.25, 0.3) is 44.1 Å². The summed E-state index contributed by atoms with van der Waals surface area (Å²) in [6.45, 7) is 13.2. The number of hydrogen-bond donors (Lipinski definition) is 1. The van der Waals surface area contributed by atoms with Crippen LogP contribution in [0, 0.1) is 13.8 Å². The Hall–Kier alpha value is -3.27. The second-order valence-corrected chi connectivity index (χ2v) is 12.8. The minimum atomic E-state index is -0.862. The van der Waals surface area contributed by atoms with Gasteiger partial charge >= 0.3 is 7.48 Å². The van der Waals surface area contributed by atoms with Gasteiger partial charge in [0.05, 0.1) is 11.7 Å². The van der Waals surface area contributed by atoms with E-state index in [-0.39, 0.29) is 6.10 Å². The highest BCUT2D eigenvalue weighted by atomic mass is 16.5. The van der Waals surface area contributed by atoms with Crippen LogP contribution in [-0.2, 0) is 11.2 Å². The molecule has 0 aliphatic carbocycles. The summed E-state index contributed by atoms with van der Waals surface area (Å²) in [7, 11) is 2.65. The summed E-state index contributed by atoms with van der Waals surface area (Å²) in [5.41, 5.74) is 11.8. The van der Waals surface area contributed by atoms with Gasteiger partial charge in [0.2, 0.25) is 0 Å². The highest BCUT2D eigenvalue weighted by Crippen LogP contribution is 2.36. The van der Waals surface area contributed by atoms with Crippen LogP contribution in [0.4, 0.5) is 0 Å². The molecule has 42 heavy (non-hydrogen) atoms. The molecule has 216 valence electrons. The third kappa shape index (κ3) is 6.38. The molecule has 0 spiro atoms. The number of aliphatic hydroxyl groups is 1. The first-order chi connectivity index (χ1) is 20.1. The van der Waals surface area contributed by atoms with E-state index in [9.17, 15) is 5.11 Å². The van der Waals surface area contributed by atoms with Crippen LogP contribution in [0.1, 0.15) is 64.5 Å². The van der Waals surface area contributed by atoms with Crippen LogP contribution in [-0.4, -0.2) is 36.7 Å². The number of unbranched alkanes of at least 4 members (excludes halogenated alkanes) is 3. The van der Waals surface area contributed by atoms with Crippen molar-refractivity contribution in [1.29, 1.82) is 0 Å². The Bertz CT molecular complexity index is 1710. The molecule has 0 aliphatic heterocycles. The largest absolute Gasteiger partial charge is 0.429 e. The normalized spacial score (nSPS) is 12.7. The molecule has 1 aromatic heterocycles. The van der Waals surface area contributed by atoms with Crippen molar-refractivity contribution in [3.63, 3.8) is 0 Å². The van der Waals surface area contributed by atoms with E-state index >= 15 is 0 Å². The zero-order chi connectivity index (χ0) is 30.0. The number of benzene rings is 4. The molecule has 0 radical (unpaired) electrons. The molecule has 0 saturated heterocycles. The number of aryl methyl sites for hydroxylation is 3. The summed E-state index contributed by atoms with van der Waals surface area (Å²) in [4.78, 5) is 0. The molecule has 1 unspecified atom stereocenters. The zero-order valence-corrected chi connectivity index (χ0v) is 26.6. The van der Waals surface area contributed by atoms with Gasteiger partial charge in [-0.05, 0) is 86.6 Å². The maximum absolute atomic E-state index is 10.2. The summed E-state index contributed by atoms with van der Waals surface area (Å²) in [5, 5.41) is 12.9. The van der Waals surface area contributed by atoms with Gasteiger partial charge in [-0.25, -0.2) is 0 Å². The topological polar surface area (TPSA) is 34.4 Å². The lowest BCUT2D eigenvalue weighted by Crippen LogP contribution is -2.38. The number of rotatable bonds is 11. The van der Waals surface area contributed by atoms with Crippen molar-refractivity contribution in [2.24, 2.45) is 0 Å². The fourth-order valence-corrected chi connectivity index (χ4v) is 6.07. The second kappa shape index (κ2) is 12.5. The molecular formula is C37H45B2NO2. The van der Waals surface area contributed by atoms with Crippen LogP contribution in [0.2, 0.25) is 0 Å². The van der Waals surface area contributed by atoms with Crippen molar-refractivity contribution in [3.05, 3.63) is 83.9 Å². The Labute approximate surface area is 253 Å². The lowest BCUT2D eigenvalue weighted by atomic mass is 9.84. The van der Waals surface area contributed by atoms with Gasteiger partial charge in [-0.3, -0.25) is 0 Å². The second-order valence-electron chi connectivity index (χ2n) is 12.8. The molecular weight excluding hydrogens is 512 g/mol. The van der Waals surface area contributed by atoms with E-state index in [1.807, 2.05) is 6.92 Å². The van der Waals surface area contributed by atoms with Gasteiger partial charge in [-0.15, -0.1) is 0 Å². The van der Waals surface area contributed by atoms with Crippen molar-refractivity contribution in [1.82, 2.24) is 4.57 Å². The van der Waals surface area contributed by atoms with E-state index in [2.05, 4.69) is 106 Å². The van der Waals surface area contributed by atoms with Gasteiger partial charge in [-0.2, -0.15) is 0 Å². The summed E-state index contributed by atoms with van der Waals surface area (Å²) < 4.78 is 8.52. The monoisotopic (exact) mass is 557 g/mol. The maximum atomic E-state index is 10.2. The van der Waals surface area contributed by atoms with Gasteiger partial charge in [0.25, 0.3) is 0 Å². The molecule has 5 rings (SSSR count). The van der Waals surface area contributed by atoms with E-state index < -0.39 is 5.60 Å². The highest BCUT2D eigenvalue weighted by molar-refractivity contribution is 6.47. The Morgan fingerprint density at radius 2 is 1.40 bits per heavy atom. The summed E-state index contributed by atoms with van der Waals surface area (Å²) in [5.74, 6) is 0. The molecule has 0 fully saturated rings. The van der Waals surface area contributed by atoms with Crippen LogP contribution in [0.5, 0.6) is 0 Å². The highest BCUT2D eigenvalue weighted by Gasteiger charge is 2.23. The van der Waals surface area contributed by atoms with Crippen molar-refractivity contribution < 1.29 is 9.76 Å². The van der Waals surface area contributed by atoms with E-state index in [0.717, 1.165) is 12.0 Å². The quantitative estimate of drug-likeness (QED) is 0.144. The molecule has 0 amide bonds. The fourth-order valence-electron chi connectivity index (χ4n) is 6.07. The zero-order valence-electron chi connectivity index (χ0n) is 26.6. The van der Waals surface area contributed by atoms with E-state index in [1.54, 1.807) is 13.8 Å². The number of fused-ring (bicyclic) bond motifs is 3.